The molecule has 0 radical (unpaired) electrons. The van der Waals surface area contributed by atoms with Gasteiger partial charge in [-0.15, -0.1) is 0 Å². The first-order valence-corrected chi connectivity index (χ1v) is 6.56. The van der Waals surface area contributed by atoms with Crippen LogP contribution in [0.2, 0.25) is 0 Å². The molecular formula is C15H22N2. The molecule has 2 nitrogen and oxygen atoms in total. The van der Waals surface area contributed by atoms with Gasteiger partial charge in [-0.2, -0.15) is 0 Å². The molecule has 2 heteroatoms. The molecule has 0 spiro atoms. The zero-order valence-corrected chi connectivity index (χ0v) is 10.4. The number of hydrogen-bond donors (Lipinski definition) is 2. The normalized spacial score (nSPS) is 17.6. The van der Waals surface area contributed by atoms with E-state index in [4.69, 9.17) is 5.84 Å². The topological polar surface area (TPSA) is 38.0 Å². The highest BCUT2D eigenvalue weighted by atomic mass is 15.2. The van der Waals surface area contributed by atoms with Gasteiger partial charge in [0.15, 0.2) is 0 Å². The van der Waals surface area contributed by atoms with E-state index in [1.54, 1.807) is 5.57 Å². The van der Waals surface area contributed by atoms with E-state index in [0.717, 1.165) is 12.8 Å². The Labute approximate surface area is 104 Å². The number of hydrazine groups is 1. The summed E-state index contributed by atoms with van der Waals surface area (Å²) >= 11 is 0. The first-order chi connectivity index (χ1) is 8.38. The van der Waals surface area contributed by atoms with Gasteiger partial charge in [-0.25, -0.2) is 0 Å². The molecule has 17 heavy (non-hydrogen) atoms. The summed E-state index contributed by atoms with van der Waals surface area (Å²) in [6, 6.07) is 10.9. The van der Waals surface area contributed by atoms with Gasteiger partial charge in [-0.3, -0.25) is 11.3 Å². The van der Waals surface area contributed by atoms with Crippen molar-refractivity contribution in [1.29, 1.82) is 0 Å². The predicted molar refractivity (Wildman–Crippen MR) is 72.4 cm³/mol. The van der Waals surface area contributed by atoms with Crippen molar-refractivity contribution in [2.24, 2.45) is 5.84 Å². The highest BCUT2D eigenvalue weighted by molar-refractivity contribution is 5.17. The van der Waals surface area contributed by atoms with E-state index in [2.05, 4.69) is 41.8 Å². The number of hydrogen-bond acceptors (Lipinski definition) is 2. The molecule has 1 atom stereocenters. The van der Waals surface area contributed by atoms with Gasteiger partial charge in [0.25, 0.3) is 0 Å². The van der Waals surface area contributed by atoms with Gasteiger partial charge in [0, 0.05) is 6.04 Å². The molecular weight excluding hydrogens is 208 g/mol. The van der Waals surface area contributed by atoms with Gasteiger partial charge < -0.3 is 0 Å². The van der Waals surface area contributed by atoms with Gasteiger partial charge in [-0.05, 0) is 44.1 Å². The fourth-order valence-electron chi connectivity index (χ4n) is 2.50. The summed E-state index contributed by atoms with van der Waals surface area (Å²) < 4.78 is 0. The van der Waals surface area contributed by atoms with E-state index < -0.39 is 0 Å². The monoisotopic (exact) mass is 230 g/mol. The molecule has 0 aromatic heterocycles. The molecule has 0 saturated heterocycles. The van der Waals surface area contributed by atoms with E-state index in [1.165, 1.54) is 31.2 Å². The molecule has 3 N–H and O–H groups in total. The van der Waals surface area contributed by atoms with Crippen molar-refractivity contribution >= 4 is 0 Å². The van der Waals surface area contributed by atoms with Crippen molar-refractivity contribution in [2.45, 2.75) is 44.6 Å². The van der Waals surface area contributed by atoms with E-state index in [-0.39, 0.29) is 0 Å². The summed E-state index contributed by atoms with van der Waals surface area (Å²) in [4.78, 5) is 0. The Morgan fingerprint density at radius 2 is 1.94 bits per heavy atom. The molecule has 1 aromatic carbocycles. The lowest BCUT2D eigenvalue weighted by atomic mass is 9.92. The lowest BCUT2D eigenvalue weighted by Crippen LogP contribution is -2.37. The smallest absolute Gasteiger partial charge is 0.0288 e. The standard InChI is InChI=1S/C15H22N2/c16-17-15(11-13-7-3-1-4-8-13)12-14-9-5-2-6-10-14/h1,3-4,7-9,15,17H,2,5-6,10-12,16H2. The molecule has 92 valence electrons. The highest BCUT2D eigenvalue weighted by Gasteiger charge is 2.12. The lowest BCUT2D eigenvalue weighted by molar-refractivity contribution is 0.505. The Balaban J connectivity index is 1.90. The minimum Gasteiger partial charge on any atom is -0.271 e. The summed E-state index contributed by atoms with van der Waals surface area (Å²) in [6.45, 7) is 0. The van der Waals surface area contributed by atoms with E-state index in [9.17, 15) is 0 Å². The molecule has 0 aliphatic heterocycles. The third-order valence-corrected chi connectivity index (χ3v) is 3.45. The molecule has 0 amide bonds. The van der Waals surface area contributed by atoms with E-state index >= 15 is 0 Å². The first kappa shape index (κ1) is 12.3. The summed E-state index contributed by atoms with van der Waals surface area (Å²) in [5.74, 6) is 5.66. The van der Waals surface area contributed by atoms with Crippen LogP contribution in [0.15, 0.2) is 42.0 Å². The summed E-state index contributed by atoms with van der Waals surface area (Å²) in [6.07, 6.45) is 9.70. The molecule has 2 rings (SSSR count). The summed E-state index contributed by atoms with van der Waals surface area (Å²) in [7, 11) is 0. The van der Waals surface area contributed by atoms with Gasteiger partial charge in [0.1, 0.15) is 0 Å². The molecule has 1 unspecified atom stereocenters. The van der Waals surface area contributed by atoms with Crippen LogP contribution in [0, 0.1) is 0 Å². The Hall–Kier alpha value is -1.12. The average molecular weight is 230 g/mol. The third-order valence-electron chi connectivity index (χ3n) is 3.45. The van der Waals surface area contributed by atoms with Crippen LogP contribution < -0.4 is 11.3 Å². The Morgan fingerprint density at radius 3 is 2.59 bits per heavy atom. The van der Waals surface area contributed by atoms with Crippen molar-refractivity contribution in [3.8, 4) is 0 Å². The number of nitrogens with two attached hydrogens (primary N) is 1. The minimum atomic E-state index is 0.363. The zero-order valence-electron chi connectivity index (χ0n) is 10.4. The second kappa shape index (κ2) is 6.58. The molecule has 1 aromatic rings. The molecule has 0 heterocycles. The van der Waals surface area contributed by atoms with Crippen molar-refractivity contribution in [3.63, 3.8) is 0 Å². The Bertz CT molecular complexity index is 356. The fraction of sp³-hybridized carbons (Fsp3) is 0.467. The van der Waals surface area contributed by atoms with Gasteiger partial charge in [-0.1, -0.05) is 42.0 Å². The lowest BCUT2D eigenvalue weighted by Gasteiger charge is -2.20. The SMILES string of the molecule is NNC(CC1=CCCCC1)Cc1ccccc1. The van der Waals surface area contributed by atoms with Crippen molar-refractivity contribution in [3.05, 3.63) is 47.5 Å². The summed E-state index contributed by atoms with van der Waals surface area (Å²) in [5.41, 5.74) is 5.89. The maximum absolute atomic E-state index is 5.66. The average Bonchev–Trinajstić information content (AvgIpc) is 2.40. The van der Waals surface area contributed by atoms with Crippen molar-refractivity contribution in [2.75, 3.05) is 0 Å². The van der Waals surface area contributed by atoms with Crippen molar-refractivity contribution in [1.82, 2.24) is 5.43 Å². The first-order valence-electron chi connectivity index (χ1n) is 6.56. The van der Waals surface area contributed by atoms with Crippen LogP contribution >= 0.6 is 0 Å². The molecule has 1 aliphatic carbocycles. The quantitative estimate of drug-likeness (QED) is 0.463. The van der Waals surface area contributed by atoms with Crippen LogP contribution in [0.3, 0.4) is 0 Å². The van der Waals surface area contributed by atoms with Crippen LogP contribution in [-0.4, -0.2) is 6.04 Å². The molecule has 1 aliphatic rings. The third kappa shape index (κ3) is 3.99. The van der Waals surface area contributed by atoms with E-state index in [1.807, 2.05) is 0 Å². The zero-order chi connectivity index (χ0) is 11.9. The number of rotatable bonds is 5. The molecule has 0 saturated carbocycles. The maximum Gasteiger partial charge on any atom is 0.0288 e. The van der Waals surface area contributed by atoms with Crippen LogP contribution in [-0.2, 0) is 6.42 Å². The fourth-order valence-corrected chi connectivity index (χ4v) is 2.50. The van der Waals surface area contributed by atoms with Crippen LogP contribution in [0.25, 0.3) is 0 Å². The number of nitrogens with one attached hydrogen (secondary N) is 1. The van der Waals surface area contributed by atoms with Crippen LogP contribution in [0.5, 0.6) is 0 Å². The number of allylic oxidation sites excluding steroid dienone is 1. The van der Waals surface area contributed by atoms with Crippen LogP contribution in [0.1, 0.15) is 37.7 Å². The predicted octanol–water partition coefficient (Wildman–Crippen LogP) is 2.95. The van der Waals surface area contributed by atoms with E-state index in [0.29, 0.717) is 6.04 Å². The van der Waals surface area contributed by atoms with Gasteiger partial charge in [0.05, 0.1) is 0 Å². The second-order valence-corrected chi connectivity index (χ2v) is 4.87. The Kier molecular flexibility index (Phi) is 4.77. The Morgan fingerprint density at radius 1 is 1.12 bits per heavy atom. The molecule has 0 bridgehead atoms. The largest absolute Gasteiger partial charge is 0.271 e. The van der Waals surface area contributed by atoms with Gasteiger partial charge in [0.2, 0.25) is 0 Å². The minimum absolute atomic E-state index is 0.363. The number of benzene rings is 1. The second-order valence-electron chi connectivity index (χ2n) is 4.87. The van der Waals surface area contributed by atoms with Gasteiger partial charge >= 0.3 is 0 Å². The summed E-state index contributed by atoms with van der Waals surface area (Å²) in [5, 5.41) is 0. The highest BCUT2D eigenvalue weighted by Crippen LogP contribution is 2.22. The van der Waals surface area contributed by atoms with Crippen molar-refractivity contribution < 1.29 is 0 Å². The van der Waals surface area contributed by atoms with Crippen LogP contribution in [0.4, 0.5) is 0 Å². The molecule has 0 fully saturated rings. The maximum atomic E-state index is 5.66.